The van der Waals surface area contributed by atoms with Crippen LogP contribution < -0.4 is 5.32 Å². The molecule has 0 aliphatic heterocycles. The summed E-state index contributed by atoms with van der Waals surface area (Å²) in [7, 11) is 0. The number of carbonyl (C=O) groups is 2. The molecule has 1 aromatic carbocycles. The van der Waals surface area contributed by atoms with E-state index in [0.29, 0.717) is 6.42 Å². The average molecular weight is 247 g/mol. The van der Waals surface area contributed by atoms with Crippen molar-refractivity contribution in [3.63, 3.8) is 0 Å². The number of benzene rings is 1. The quantitative estimate of drug-likeness (QED) is 0.847. The lowest BCUT2D eigenvalue weighted by atomic mass is 9.90. The van der Waals surface area contributed by atoms with Crippen LogP contribution in [-0.2, 0) is 22.4 Å². The zero-order valence-corrected chi connectivity index (χ0v) is 10.4. The number of amides is 1. The lowest BCUT2D eigenvalue weighted by Gasteiger charge is -2.29. The van der Waals surface area contributed by atoms with E-state index in [4.69, 9.17) is 5.11 Å². The molecule has 0 fully saturated rings. The molecule has 0 heterocycles. The average Bonchev–Trinajstić information content (AvgIpc) is 2.63. The van der Waals surface area contributed by atoms with Crippen molar-refractivity contribution in [3.8, 4) is 0 Å². The van der Waals surface area contributed by atoms with Crippen LogP contribution in [0.4, 0.5) is 0 Å². The summed E-state index contributed by atoms with van der Waals surface area (Å²) >= 11 is 0. The van der Waals surface area contributed by atoms with Gasteiger partial charge < -0.3 is 10.4 Å². The van der Waals surface area contributed by atoms with Gasteiger partial charge in [-0.15, -0.1) is 0 Å². The molecule has 4 nitrogen and oxygen atoms in total. The van der Waals surface area contributed by atoms with Gasteiger partial charge in [0.15, 0.2) is 0 Å². The van der Waals surface area contributed by atoms with Crippen LogP contribution in [0.1, 0.15) is 30.9 Å². The van der Waals surface area contributed by atoms with Crippen molar-refractivity contribution in [2.24, 2.45) is 0 Å². The number of carboxylic acid groups (broad SMARTS) is 1. The molecule has 1 aliphatic carbocycles. The third kappa shape index (κ3) is 2.70. The first-order valence-electron chi connectivity index (χ1n) is 6.08. The van der Waals surface area contributed by atoms with Gasteiger partial charge in [-0.2, -0.15) is 0 Å². The summed E-state index contributed by atoms with van der Waals surface area (Å²) in [6, 6.07) is 8.03. The van der Waals surface area contributed by atoms with Gasteiger partial charge in [0.1, 0.15) is 0 Å². The Bertz CT molecular complexity index is 457. The molecule has 0 aromatic heterocycles. The molecule has 0 radical (unpaired) electrons. The van der Waals surface area contributed by atoms with Crippen molar-refractivity contribution < 1.29 is 14.7 Å². The minimum atomic E-state index is -0.823. The Morgan fingerprint density at radius 3 is 2.28 bits per heavy atom. The van der Waals surface area contributed by atoms with E-state index in [9.17, 15) is 9.59 Å². The molecule has 96 valence electrons. The summed E-state index contributed by atoms with van der Waals surface area (Å²) in [6.45, 7) is 1.48. The van der Waals surface area contributed by atoms with Crippen LogP contribution in [-0.4, -0.2) is 22.5 Å². The van der Waals surface area contributed by atoms with E-state index in [1.165, 1.54) is 18.1 Å². The molecule has 0 saturated carbocycles. The van der Waals surface area contributed by atoms with Gasteiger partial charge in [0.25, 0.3) is 0 Å². The zero-order valence-electron chi connectivity index (χ0n) is 10.4. The Morgan fingerprint density at radius 2 is 1.83 bits per heavy atom. The molecular weight excluding hydrogens is 230 g/mol. The van der Waals surface area contributed by atoms with Crippen molar-refractivity contribution in [1.82, 2.24) is 5.32 Å². The minimum Gasteiger partial charge on any atom is -0.481 e. The van der Waals surface area contributed by atoms with E-state index < -0.39 is 11.5 Å². The first-order chi connectivity index (χ1) is 8.51. The maximum absolute atomic E-state index is 11.3. The summed E-state index contributed by atoms with van der Waals surface area (Å²) in [4.78, 5) is 22.1. The maximum atomic E-state index is 11.3. The first kappa shape index (κ1) is 12.6. The Hall–Kier alpha value is -1.84. The topological polar surface area (TPSA) is 66.4 Å². The number of fused-ring (bicyclic) bond motifs is 1. The molecule has 0 bridgehead atoms. The van der Waals surface area contributed by atoms with Crippen LogP contribution in [0.2, 0.25) is 0 Å². The fourth-order valence-corrected chi connectivity index (χ4v) is 2.74. The highest BCUT2D eigenvalue weighted by atomic mass is 16.4. The molecule has 1 aromatic rings. The third-order valence-corrected chi connectivity index (χ3v) is 3.43. The van der Waals surface area contributed by atoms with Crippen LogP contribution >= 0.6 is 0 Å². The van der Waals surface area contributed by atoms with E-state index in [2.05, 4.69) is 5.32 Å². The van der Waals surface area contributed by atoms with E-state index in [1.54, 1.807) is 0 Å². The second-order valence-corrected chi connectivity index (χ2v) is 4.98. The third-order valence-electron chi connectivity index (χ3n) is 3.43. The van der Waals surface area contributed by atoms with Crippen LogP contribution in [0, 0.1) is 0 Å². The normalized spacial score (nSPS) is 16.1. The monoisotopic (exact) mass is 247 g/mol. The van der Waals surface area contributed by atoms with Crippen molar-refractivity contribution in [2.75, 3.05) is 0 Å². The standard InChI is InChI=1S/C14H17NO3/c1-10(16)15-14(7-6-13(17)18)8-11-4-2-3-5-12(11)9-14/h2-5H,6-9H2,1H3,(H,15,16)(H,17,18). The fourth-order valence-electron chi connectivity index (χ4n) is 2.74. The van der Waals surface area contributed by atoms with Gasteiger partial charge in [-0.25, -0.2) is 0 Å². The number of carboxylic acids is 1. The SMILES string of the molecule is CC(=O)NC1(CCC(=O)O)Cc2ccccc2C1. The van der Waals surface area contributed by atoms with Gasteiger partial charge in [0.2, 0.25) is 5.91 Å². The molecule has 1 amide bonds. The second kappa shape index (κ2) is 4.80. The lowest BCUT2D eigenvalue weighted by molar-refractivity contribution is -0.137. The molecule has 0 unspecified atom stereocenters. The van der Waals surface area contributed by atoms with E-state index in [0.717, 1.165) is 12.8 Å². The molecule has 1 aliphatic rings. The Morgan fingerprint density at radius 1 is 1.28 bits per heavy atom. The second-order valence-electron chi connectivity index (χ2n) is 4.98. The van der Waals surface area contributed by atoms with Gasteiger partial charge in [-0.05, 0) is 30.4 Å². The van der Waals surface area contributed by atoms with Gasteiger partial charge >= 0.3 is 5.97 Å². The van der Waals surface area contributed by atoms with Crippen molar-refractivity contribution in [3.05, 3.63) is 35.4 Å². The highest BCUT2D eigenvalue weighted by Crippen LogP contribution is 2.33. The summed E-state index contributed by atoms with van der Waals surface area (Å²) in [5.74, 6) is -0.927. The summed E-state index contributed by atoms with van der Waals surface area (Å²) < 4.78 is 0. The van der Waals surface area contributed by atoms with E-state index >= 15 is 0 Å². The molecule has 0 spiro atoms. The highest BCUT2D eigenvalue weighted by Gasteiger charge is 2.37. The number of hydrogen-bond acceptors (Lipinski definition) is 2. The molecule has 4 heteroatoms. The molecule has 18 heavy (non-hydrogen) atoms. The molecule has 0 atom stereocenters. The lowest BCUT2D eigenvalue weighted by Crippen LogP contribution is -2.48. The van der Waals surface area contributed by atoms with Crippen LogP contribution in [0.15, 0.2) is 24.3 Å². The Kier molecular flexibility index (Phi) is 3.36. The van der Waals surface area contributed by atoms with Gasteiger partial charge in [0.05, 0.1) is 0 Å². The molecule has 2 N–H and O–H groups in total. The largest absolute Gasteiger partial charge is 0.481 e. The number of nitrogens with one attached hydrogen (secondary N) is 1. The summed E-state index contributed by atoms with van der Waals surface area (Å²) in [5, 5.41) is 11.8. The predicted molar refractivity (Wildman–Crippen MR) is 67.3 cm³/mol. The summed E-state index contributed by atoms with van der Waals surface area (Å²) in [6.07, 6.45) is 1.98. The van der Waals surface area contributed by atoms with Crippen molar-refractivity contribution in [2.45, 2.75) is 38.1 Å². The minimum absolute atomic E-state index is 0.0776. The molecule has 0 saturated heterocycles. The fraction of sp³-hybridized carbons (Fsp3) is 0.429. The Balaban J connectivity index is 2.19. The van der Waals surface area contributed by atoms with Gasteiger partial charge in [0, 0.05) is 18.9 Å². The smallest absolute Gasteiger partial charge is 0.303 e. The first-order valence-corrected chi connectivity index (χ1v) is 6.08. The molecule has 2 rings (SSSR count). The Labute approximate surface area is 106 Å². The zero-order chi connectivity index (χ0) is 13.2. The highest BCUT2D eigenvalue weighted by molar-refractivity contribution is 5.74. The predicted octanol–water partition coefficient (Wildman–Crippen LogP) is 1.52. The van der Waals surface area contributed by atoms with E-state index in [1.807, 2.05) is 24.3 Å². The summed E-state index contributed by atoms with van der Waals surface area (Å²) in [5.41, 5.74) is 1.99. The number of rotatable bonds is 4. The van der Waals surface area contributed by atoms with Crippen LogP contribution in [0.5, 0.6) is 0 Å². The van der Waals surface area contributed by atoms with Crippen molar-refractivity contribution in [1.29, 1.82) is 0 Å². The van der Waals surface area contributed by atoms with Crippen LogP contribution in [0.3, 0.4) is 0 Å². The number of carbonyl (C=O) groups excluding carboxylic acids is 1. The van der Waals surface area contributed by atoms with Crippen molar-refractivity contribution >= 4 is 11.9 Å². The molecular formula is C14H17NO3. The number of aliphatic carboxylic acids is 1. The van der Waals surface area contributed by atoms with Gasteiger partial charge in [-0.3, -0.25) is 9.59 Å². The maximum Gasteiger partial charge on any atom is 0.303 e. The van der Waals surface area contributed by atoms with E-state index in [-0.39, 0.29) is 12.3 Å². The van der Waals surface area contributed by atoms with Crippen LogP contribution in [0.25, 0.3) is 0 Å². The van der Waals surface area contributed by atoms with Gasteiger partial charge in [-0.1, -0.05) is 24.3 Å². The number of hydrogen-bond donors (Lipinski definition) is 2.